The maximum atomic E-state index is 13.4. The highest BCUT2D eigenvalue weighted by molar-refractivity contribution is 9.10. The summed E-state index contributed by atoms with van der Waals surface area (Å²) in [5, 5.41) is 22.8. The van der Waals surface area contributed by atoms with Crippen LogP contribution in [0.25, 0.3) is 0 Å². The lowest BCUT2D eigenvalue weighted by Gasteiger charge is -2.18. The predicted molar refractivity (Wildman–Crippen MR) is 92.2 cm³/mol. The van der Waals surface area contributed by atoms with Crippen molar-refractivity contribution in [3.63, 3.8) is 0 Å². The Morgan fingerprint density at radius 3 is 2.00 bits per heavy atom. The molecule has 0 fully saturated rings. The van der Waals surface area contributed by atoms with Gasteiger partial charge in [0.2, 0.25) is 0 Å². The SMILES string of the molecule is O=[N+]([O-])c1cc([N+](=O)[O-])c(Nc2ccc(Br)c(C(F)(F)F)c2Cl)c(C(F)(F)F)c1. The molecular formula is C14H5BrClF6N3O4. The van der Waals surface area contributed by atoms with E-state index in [0.29, 0.717) is 0 Å². The summed E-state index contributed by atoms with van der Waals surface area (Å²) in [7, 11) is 0. The van der Waals surface area contributed by atoms with E-state index >= 15 is 0 Å². The van der Waals surface area contributed by atoms with Crippen molar-refractivity contribution < 1.29 is 36.2 Å². The Morgan fingerprint density at radius 1 is 0.966 bits per heavy atom. The highest BCUT2D eigenvalue weighted by atomic mass is 79.9. The summed E-state index contributed by atoms with van der Waals surface area (Å²) < 4.78 is 79.0. The van der Waals surface area contributed by atoms with Crippen molar-refractivity contribution in [1.82, 2.24) is 0 Å². The van der Waals surface area contributed by atoms with Gasteiger partial charge in [-0.3, -0.25) is 20.2 Å². The topological polar surface area (TPSA) is 98.3 Å². The second-order valence-corrected chi connectivity index (χ2v) is 6.54. The van der Waals surface area contributed by atoms with Crippen LogP contribution in [-0.2, 0) is 12.4 Å². The van der Waals surface area contributed by atoms with Crippen molar-refractivity contribution in [3.05, 3.63) is 65.1 Å². The summed E-state index contributed by atoms with van der Waals surface area (Å²) in [5.41, 5.74) is -7.89. The van der Waals surface area contributed by atoms with E-state index in [1.165, 1.54) is 0 Å². The molecule has 0 unspecified atom stereocenters. The minimum Gasteiger partial charge on any atom is -0.348 e. The first-order chi connectivity index (χ1) is 13.1. The van der Waals surface area contributed by atoms with E-state index in [1.807, 2.05) is 5.32 Å². The lowest BCUT2D eigenvalue weighted by molar-refractivity contribution is -0.394. The smallest absolute Gasteiger partial charge is 0.348 e. The van der Waals surface area contributed by atoms with E-state index in [4.69, 9.17) is 11.6 Å². The Kier molecular flexibility index (Phi) is 5.99. The Balaban J connectivity index is 2.79. The van der Waals surface area contributed by atoms with Crippen LogP contribution in [0.2, 0.25) is 5.02 Å². The van der Waals surface area contributed by atoms with Gasteiger partial charge in [0.05, 0.1) is 37.7 Å². The van der Waals surface area contributed by atoms with Crippen LogP contribution in [0.3, 0.4) is 0 Å². The summed E-state index contributed by atoms with van der Waals surface area (Å²) in [6.07, 6.45) is -10.3. The number of hydrogen-bond donors (Lipinski definition) is 1. The number of nitro groups is 2. The van der Waals surface area contributed by atoms with Crippen molar-refractivity contribution in [3.8, 4) is 0 Å². The fraction of sp³-hybridized carbons (Fsp3) is 0.143. The molecule has 2 aromatic rings. The molecular weight excluding hydrogens is 504 g/mol. The molecule has 29 heavy (non-hydrogen) atoms. The molecule has 0 amide bonds. The van der Waals surface area contributed by atoms with Gasteiger partial charge >= 0.3 is 12.4 Å². The number of rotatable bonds is 4. The zero-order chi connectivity index (χ0) is 22.3. The third kappa shape index (κ3) is 4.70. The van der Waals surface area contributed by atoms with Gasteiger partial charge in [-0.1, -0.05) is 27.5 Å². The lowest BCUT2D eigenvalue weighted by Crippen LogP contribution is -2.13. The molecule has 0 aliphatic heterocycles. The normalized spacial score (nSPS) is 12.0. The van der Waals surface area contributed by atoms with E-state index in [1.54, 1.807) is 0 Å². The summed E-state index contributed by atoms with van der Waals surface area (Å²) in [6.45, 7) is 0. The Hall–Kier alpha value is -2.61. The van der Waals surface area contributed by atoms with Gasteiger partial charge in [-0.2, -0.15) is 26.3 Å². The van der Waals surface area contributed by atoms with Crippen molar-refractivity contribution in [1.29, 1.82) is 0 Å². The monoisotopic (exact) mass is 507 g/mol. The number of benzene rings is 2. The number of alkyl halides is 6. The number of halogens is 8. The maximum absolute atomic E-state index is 13.4. The zero-order valence-electron chi connectivity index (χ0n) is 13.4. The molecule has 0 bridgehead atoms. The second kappa shape index (κ2) is 7.67. The highest BCUT2D eigenvalue weighted by Crippen LogP contribution is 2.47. The van der Waals surface area contributed by atoms with E-state index in [2.05, 4.69) is 15.9 Å². The van der Waals surface area contributed by atoms with Crippen molar-refractivity contribution >= 4 is 50.3 Å². The summed E-state index contributed by atoms with van der Waals surface area (Å²) in [5.74, 6) is 0. The first-order valence-corrected chi connectivity index (χ1v) is 8.18. The average molecular weight is 509 g/mol. The van der Waals surface area contributed by atoms with Gasteiger partial charge in [-0.25, -0.2) is 0 Å². The van der Waals surface area contributed by atoms with E-state index < -0.39 is 65.6 Å². The molecule has 0 saturated carbocycles. The fourth-order valence-corrected chi connectivity index (χ4v) is 3.25. The molecule has 0 spiro atoms. The van der Waals surface area contributed by atoms with E-state index in [0.717, 1.165) is 12.1 Å². The van der Waals surface area contributed by atoms with Crippen LogP contribution in [0.5, 0.6) is 0 Å². The lowest BCUT2D eigenvalue weighted by atomic mass is 10.1. The van der Waals surface area contributed by atoms with Gasteiger partial charge in [0.25, 0.3) is 11.4 Å². The van der Waals surface area contributed by atoms with Crippen molar-refractivity contribution in [2.24, 2.45) is 0 Å². The van der Waals surface area contributed by atoms with Crippen LogP contribution in [0.15, 0.2) is 28.7 Å². The third-order valence-corrected chi connectivity index (χ3v) is 4.50. The van der Waals surface area contributed by atoms with E-state index in [-0.39, 0.29) is 12.1 Å². The van der Waals surface area contributed by atoms with Gasteiger partial charge in [0, 0.05) is 10.5 Å². The Morgan fingerprint density at radius 2 is 1.55 bits per heavy atom. The number of anilines is 2. The highest BCUT2D eigenvalue weighted by Gasteiger charge is 2.41. The third-order valence-electron chi connectivity index (χ3n) is 3.45. The predicted octanol–water partition coefficient (Wildman–Crippen LogP) is 6.70. The molecule has 1 N–H and O–H groups in total. The van der Waals surface area contributed by atoms with Crippen LogP contribution in [0.4, 0.5) is 49.1 Å². The van der Waals surface area contributed by atoms with Crippen LogP contribution >= 0.6 is 27.5 Å². The standard InChI is InChI=1S/C14H5BrClF6N3O4/c15-7-1-2-8(11(16)10(7)14(20,21)22)23-12-6(13(17,18)19)3-5(24(26)27)4-9(12)25(28)29/h1-4,23H. The van der Waals surface area contributed by atoms with Gasteiger partial charge in [0.15, 0.2) is 0 Å². The summed E-state index contributed by atoms with van der Waals surface area (Å²) in [6, 6.07) is 1.94. The van der Waals surface area contributed by atoms with E-state index in [9.17, 15) is 46.6 Å². The number of nitrogens with zero attached hydrogens (tertiary/aromatic N) is 2. The summed E-state index contributed by atoms with van der Waals surface area (Å²) >= 11 is 8.27. The molecule has 0 aromatic heterocycles. The summed E-state index contributed by atoms with van der Waals surface area (Å²) in [4.78, 5) is 19.4. The van der Waals surface area contributed by atoms with Gasteiger partial charge in [0.1, 0.15) is 5.69 Å². The molecule has 7 nitrogen and oxygen atoms in total. The molecule has 2 rings (SSSR count). The first kappa shape index (κ1) is 22.7. The number of nitro benzene ring substituents is 2. The van der Waals surface area contributed by atoms with Crippen molar-refractivity contribution in [2.75, 3.05) is 5.32 Å². The molecule has 156 valence electrons. The maximum Gasteiger partial charge on any atom is 0.419 e. The quantitative estimate of drug-likeness (QED) is 0.281. The molecule has 0 saturated heterocycles. The molecule has 0 radical (unpaired) electrons. The van der Waals surface area contributed by atoms with Crippen LogP contribution in [0.1, 0.15) is 11.1 Å². The van der Waals surface area contributed by atoms with Gasteiger partial charge < -0.3 is 5.32 Å². The Labute approximate surface area is 169 Å². The zero-order valence-corrected chi connectivity index (χ0v) is 15.7. The molecule has 0 heterocycles. The molecule has 0 aliphatic carbocycles. The fourth-order valence-electron chi connectivity index (χ4n) is 2.26. The average Bonchev–Trinajstić information content (AvgIpc) is 2.54. The minimum absolute atomic E-state index is 0.0206. The van der Waals surface area contributed by atoms with Crippen LogP contribution in [-0.4, -0.2) is 9.85 Å². The van der Waals surface area contributed by atoms with Crippen molar-refractivity contribution in [2.45, 2.75) is 12.4 Å². The van der Waals surface area contributed by atoms with Gasteiger partial charge in [-0.05, 0) is 12.1 Å². The number of nitrogens with one attached hydrogen (secondary N) is 1. The van der Waals surface area contributed by atoms with Crippen LogP contribution < -0.4 is 5.32 Å². The number of hydrogen-bond acceptors (Lipinski definition) is 5. The first-order valence-electron chi connectivity index (χ1n) is 7.00. The van der Waals surface area contributed by atoms with Crippen LogP contribution in [0, 0.1) is 20.2 Å². The number of non-ortho nitro benzene ring substituents is 1. The largest absolute Gasteiger partial charge is 0.419 e. The van der Waals surface area contributed by atoms with Gasteiger partial charge in [-0.15, -0.1) is 0 Å². The Bertz CT molecular complexity index is 1010. The molecule has 2 aromatic carbocycles. The second-order valence-electron chi connectivity index (χ2n) is 5.31. The molecule has 0 aliphatic rings. The minimum atomic E-state index is -5.31. The molecule has 15 heteroatoms. The molecule has 0 atom stereocenters.